The predicted molar refractivity (Wildman–Crippen MR) is 111 cm³/mol. The van der Waals surface area contributed by atoms with Crippen LogP contribution in [0.3, 0.4) is 0 Å². The fourth-order valence-corrected chi connectivity index (χ4v) is 4.22. The number of hydrogen-bond acceptors (Lipinski definition) is 2. The third kappa shape index (κ3) is 4.35. The number of benzene rings is 2. The Morgan fingerprint density at radius 2 is 1.71 bits per heavy atom. The topological polar surface area (TPSA) is 70.2 Å². The SMILES string of the molecule is O=C(CCNC(=O)NC1CCCCC1)Nc1ccc2c(c1)Cc1ccccc1-2. The molecule has 2 aliphatic rings. The second-order valence-corrected chi connectivity index (χ2v) is 7.74. The summed E-state index contributed by atoms with van der Waals surface area (Å²) in [5, 5.41) is 8.73. The molecule has 5 heteroatoms. The number of hydrogen-bond donors (Lipinski definition) is 3. The number of urea groups is 1. The zero-order valence-electron chi connectivity index (χ0n) is 16.1. The number of fused-ring (bicyclic) bond motifs is 3. The van der Waals surface area contributed by atoms with Crippen LogP contribution in [0.1, 0.15) is 49.7 Å². The van der Waals surface area contributed by atoms with Crippen LogP contribution in [0.2, 0.25) is 0 Å². The number of nitrogens with one attached hydrogen (secondary N) is 3. The first-order valence-corrected chi connectivity index (χ1v) is 10.2. The second-order valence-electron chi connectivity index (χ2n) is 7.74. The van der Waals surface area contributed by atoms with Crippen molar-refractivity contribution in [3.63, 3.8) is 0 Å². The molecule has 146 valence electrons. The van der Waals surface area contributed by atoms with Gasteiger partial charge in [0.05, 0.1) is 0 Å². The van der Waals surface area contributed by atoms with Crippen molar-refractivity contribution in [1.82, 2.24) is 10.6 Å². The van der Waals surface area contributed by atoms with Gasteiger partial charge in [-0.1, -0.05) is 49.6 Å². The molecule has 2 aromatic carbocycles. The lowest BCUT2D eigenvalue weighted by atomic mass is 9.96. The van der Waals surface area contributed by atoms with Gasteiger partial charge in [0.2, 0.25) is 5.91 Å². The van der Waals surface area contributed by atoms with Gasteiger partial charge in [0.1, 0.15) is 0 Å². The summed E-state index contributed by atoms with van der Waals surface area (Å²) in [6.45, 7) is 0.334. The van der Waals surface area contributed by atoms with Crippen LogP contribution in [0, 0.1) is 0 Å². The molecule has 4 rings (SSSR count). The van der Waals surface area contributed by atoms with E-state index in [9.17, 15) is 9.59 Å². The van der Waals surface area contributed by atoms with E-state index in [0.29, 0.717) is 6.54 Å². The Balaban J connectivity index is 1.23. The summed E-state index contributed by atoms with van der Waals surface area (Å²) < 4.78 is 0. The van der Waals surface area contributed by atoms with Crippen LogP contribution in [0.4, 0.5) is 10.5 Å². The molecule has 28 heavy (non-hydrogen) atoms. The molecule has 0 saturated heterocycles. The quantitative estimate of drug-likeness (QED) is 0.623. The van der Waals surface area contributed by atoms with E-state index < -0.39 is 0 Å². The van der Waals surface area contributed by atoms with Gasteiger partial charge in [-0.2, -0.15) is 0 Å². The van der Waals surface area contributed by atoms with Gasteiger partial charge in [-0.05, 0) is 53.6 Å². The number of carbonyl (C=O) groups excluding carboxylic acids is 2. The van der Waals surface area contributed by atoms with Gasteiger partial charge in [0, 0.05) is 24.7 Å². The van der Waals surface area contributed by atoms with E-state index in [4.69, 9.17) is 0 Å². The third-order valence-corrected chi connectivity index (χ3v) is 5.66. The average Bonchev–Trinajstić information content (AvgIpc) is 3.06. The van der Waals surface area contributed by atoms with Crippen LogP contribution < -0.4 is 16.0 Å². The molecular formula is C23H27N3O2. The molecule has 2 aromatic rings. The summed E-state index contributed by atoms with van der Waals surface area (Å²) in [4.78, 5) is 24.2. The van der Waals surface area contributed by atoms with Crippen LogP contribution >= 0.6 is 0 Å². The van der Waals surface area contributed by atoms with Gasteiger partial charge in [-0.25, -0.2) is 4.79 Å². The van der Waals surface area contributed by atoms with Crippen LogP contribution in [0.25, 0.3) is 11.1 Å². The lowest BCUT2D eigenvalue weighted by Gasteiger charge is -2.22. The molecule has 3 amide bonds. The smallest absolute Gasteiger partial charge is 0.315 e. The van der Waals surface area contributed by atoms with Crippen LogP contribution in [-0.4, -0.2) is 24.5 Å². The first-order valence-electron chi connectivity index (χ1n) is 10.2. The van der Waals surface area contributed by atoms with Crippen molar-refractivity contribution in [2.45, 2.75) is 51.0 Å². The Morgan fingerprint density at radius 1 is 0.929 bits per heavy atom. The van der Waals surface area contributed by atoms with Gasteiger partial charge in [-0.3, -0.25) is 4.79 Å². The minimum atomic E-state index is -0.171. The number of rotatable bonds is 5. The zero-order valence-corrected chi connectivity index (χ0v) is 16.1. The van der Waals surface area contributed by atoms with Crippen LogP contribution in [-0.2, 0) is 11.2 Å². The molecule has 1 fully saturated rings. The summed E-state index contributed by atoms with van der Waals surface area (Å²) in [6.07, 6.45) is 6.88. The standard InChI is InChI=1S/C23H27N3O2/c27-22(12-13-24-23(28)26-18-7-2-1-3-8-18)25-19-10-11-21-17(15-19)14-16-6-4-5-9-20(16)21/h4-6,9-11,15,18H,1-3,7-8,12-14H2,(H,25,27)(H2,24,26,28). The van der Waals surface area contributed by atoms with Crippen LogP contribution in [0.5, 0.6) is 0 Å². The maximum absolute atomic E-state index is 12.2. The van der Waals surface area contributed by atoms with E-state index in [1.54, 1.807) is 0 Å². The fourth-order valence-electron chi connectivity index (χ4n) is 4.22. The molecule has 2 aliphatic carbocycles. The molecule has 1 saturated carbocycles. The Hall–Kier alpha value is -2.82. The molecule has 0 heterocycles. The van der Waals surface area contributed by atoms with Gasteiger partial charge in [0.15, 0.2) is 0 Å². The average molecular weight is 377 g/mol. The van der Waals surface area contributed by atoms with Gasteiger partial charge in [-0.15, -0.1) is 0 Å². The first kappa shape index (κ1) is 18.5. The Bertz CT molecular complexity index is 872. The lowest BCUT2D eigenvalue weighted by Crippen LogP contribution is -2.43. The van der Waals surface area contributed by atoms with Crippen molar-refractivity contribution in [1.29, 1.82) is 0 Å². The third-order valence-electron chi connectivity index (χ3n) is 5.66. The number of carbonyl (C=O) groups is 2. The molecular weight excluding hydrogens is 350 g/mol. The minimum absolute atomic E-state index is 0.0894. The fraction of sp³-hybridized carbons (Fsp3) is 0.391. The normalized spacial score (nSPS) is 15.4. The van der Waals surface area contributed by atoms with E-state index in [1.165, 1.54) is 41.5 Å². The number of anilines is 1. The Kier molecular flexibility index (Phi) is 5.60. The minimum Gasteiger partial charge on any atom is -0.338 e. The van der Waals surface area contributed by atoms with Crippen molar-refractivity contribution >= 4 is 17.6 Å². The Labute approximate surface area is 165 Å². The highest BCUT2D eigenvalue weighted by Gasteiger charge is 2.18. The highest BCUT2D eigenvalue weighted by molar-refractivity contribution is 5.92. The van der Waals surface area contributed by atoms with Crippen molar-refractivity contribution in [2.75, 3.05) is 11.9 Å². The highest BCUT2D eigenvalue weighted by atomic mass is 16.2. The van der Waals surface area contributed by atoms with Gasteiger partial charge < -0.3 is 16.0 Å². The van der Waals surface area contributed by atoms with Gasteiger partial charge >= 0.3 is 6.03 Å². The molecule has 0 aliphatic heterocycles. The molecule has 0 spiro atoms. The first-order chi connectivity index (χ1) is 13.7. The van der Waals surface area contributed by atoms with Crippen molar-refractivity contribution in [3.05, 3.63) is 53.6 Å². The molecule has 0 radical (unpaired) electrons. The summed E-state index contributed by atoms with van der Waals surface area (Å²) in [6, 6.07) is 14.6. The summed E-state index contributed by atoms with van der Waals surface area (Å²) >= 11 is 0. The largest absolute Gasteiger partial charge is 0.338 e. The molecule has 3 N–H and O–H groups in total. The molecule has 0 atom stereocenters. The predicted octanol–water partition coefficient (Wildman–Crippen LogP) is 4.22. The second kappa shape index (κ2) is 8.46. The highest BCUT2D eigenvalue weighted by Crippen LogP contribution is 2.37. The number of amides is 3. The summed E-state index contributed by atoms with van der Waals surface area (Å²) in [5.74, 6) is -0.0894. The van der Waals surface area contributed by atoms with Crippen LogP contribution in [0.15, 0.2) is 42.5 Å². The molecule has 0 aromatic heterocycles. The summed E-state index contributed by atoms with van der Waals surface area (Å²) in [7, 11) is 0. The van der Waals surface area contributed by atoms with E-state index in [-0.39, 0.29) is 24.4 Å². The molecule has 0 bridgehead atoms. The van der Waals surface area contributed by atoms with Crippen molar-refractivity contribution in [3.8, 4) is 11.1 Å². The van der Waals surface area contributed by atoms with E-state index in [0.717, 1.165) is 24.9 Å². The van der Waals surface area contributed by atoms with Crippen molar-refractivity contribution < 1.29 is 9.59 Å². The lowest BCUT2D eigenvalue weighted by molar-refractivity contribution is -0.116. The molecule has 5 nitrogen and oxygen atoms in total. The molecule has 0 unspecified atom stereocenters. The maximum atomic E-state index is 12.2. The summed E-state index contributed by atoms with van der Waals surface area (Å²) in [5.41, 5.74) is 5.90. The monoisotopic (exact) mass is 377 g/mol. The Morgan fingerprint density at radius 3 is 2.57 bits per heavy atom. The van der Waals surface area contributed by atoms with E-state index in [2.05, 4.69) is 52.3 Å². The van der Waals surface area contributed by atoms with E-state index in [1.807, 2.05) is 6.07 Å². The maximum Gasteiger partial charge on any atom is 0.315 e. The van der Waals surface area contributed by atoms with E-state index >= 15 is 0 Å². The van der Waals surface area contributed by atoms with Gasteiger partial charge in [0.25, 0.3) is 0 Å². The van der Waals surface area contributed by atoms with Crippen molar-refractivity contribution in [2.24, 2.45) is 0 Å². The zero-order chi connectivity index (χ0) is 19.3.